The summed E-state index contributed by atoms with van der Waals surface area (Å²) in [6, 6.07) is 3.64. The number of carbonyl (C=O) groups excluding carboxylic acids is 2. The molecule has 1 amide bonds. The van der Waals surface area contributed by atoms with Crippen molar-refractivity contribution in [2.45, 2.75) is 25.0 Å². The van der Waals surface area contributed by atoms with Crippen molar-refractivity contribution in [3.8, 4) is 0 Å². The molecule has 0 N–H and O–H groups in total. The van der Waals surface area contributed by atoms with E-state index >= 15 is 0 Å². The molecular weight excluding hydrogens is 250 g/mol. The number of ketones is 1. The van der Waals surface area contributed by atoms with Gasteiger partial charge in [-0.15, -0.1) is 11.3 Å². The maximum atomic E-state index is 12.1. The minimum Gasteiger partial charge on any atom is -0.368 e. The van der Waals surface area contributed by atoms with Crippen LogP contribution < -0.4 is 0 Å². The average molecular weight is 264 g/mol. The highest BCUT2D eigenvalue weighted by Crippen LogP contribution is 2.27. The predicted molar refractivity (Wildman–Crippen MR) is 67.2 cm³/mol. The number of Topliss-reactive ketones (excluding diaryl/α,β-unsaturated/α-hetero) is 1. The maximum Gasteiger partial charge on any atom is 0.227 e. The average Bonchev–Trinajstić information content (AvgIpc) is 3.05. The van der Waals surface area contributed by atoms with E-state index in [-0.39, 0.29) is 30.4 Å². The van der Waals surface area contributed by atoms with Crippen molar-refractivity contribution in [1.29, 1.82) is 0 Å². The molecule has 1 aromatic rings. The van der Waals surface area contributed by atoms with Crippen molar-refractivity contribution in [3.63, 3.8) is 0 Å². The van der Waals surface area contributed by atoms with Gasteiger partial charge in [0.25, 0.3) is 0 Å². The normalized spacial score (nSPS) is 26.7. The van der Waals surface area contributed by atoms with E-state index in [2.05, 4.69) is 0 Å². The van der Waals surface area contributed by atoms with Crippen molar-refractivity contribution < 1.29 is 14.3 Å². The second-order valence-corrected chi connectivity index (χ2v) is 5.60. The van der Waals surface area contributed by atoms with Gasteiger partial charge in [-0.2, -0.15) is 0 Å². The van der Waals surface area contributed by atoms with Crippen LogP contribution in [0.15, 0.2) is 17.5 Å². The third kappa shape index (κ3) is 2.08. The molecule has 0 bridgehead atoms. The van der Waals surface area contributed by atoms with Crippen LogP contribution in [0.5, 0.6) is 0 Å². The SMILES string of the molecule is O=C1COC2CCN(C(=O)[CH]Cc3cccs3)C12. The molecule has 0 spiro atoms. The summed E-state index contributed by atoms with van der Waals surface area (Å²) in [4.78, 5) is 26.6. The van der Waals surface area contributed by atoms with Crippen LogP contribution in [-0.4, -0.2) is 41.9 Å². The Morgan fingerprint density at radius 1 is 1.61 bits per heavy atom. The number of nitrogens with zero attached hydrogens (tertiary/aromatic N) is 1. The smallest absolute Gasteiger partial charge is 0.227 e. The van der Waals surface area contributed by atoms with Crippen molar-refractivity contribution >= 4 is 23.0 Å². The zero-order valence-corrected chi connectivity index (χ0v) is 10.7. The van der Waals surface area contributed by atoms with Crippen LogP contribution in [0, 0.1) is 6.42 Å². The lowest BCUT2D eigenvalue weighted by atomic mass is 10.1. The summed E-state index contributed by atoms with van der Waals surface area (Å²) in [5.74, 6) is -0.00914. The number of fused-ring (bicyclic) bond motifs is 1. The van der Waals surface area contributed by atoms with Crippen LogP contribution in [0.4, 0.5) is 0 Å². The summed E-state index contributed by atoms with van der Waals surface area (Å²) >= 11 is 1.63. The molecule has 3 rings (SSSR count). The van der Waals surface area contributed by atoms with E-state index < -0.39 is 0 Å². The van der Waals surface area contributed by atoms with E-state index in [0.29, 0.717) is 13.0 Å². The van der Waals surface area contributed by atoms with Gasteiger partial charge in [-0.1, -0.05) is 6.07 Å². The summed E-state index contributed by atoms with van der Waals surface area (Å²) in [6.07, 6.45) is 3.01. The predicted octanol–water partition coefficient (Wildman–Crippen LogP) is 1.06. The standard InChI is InChI=1S/C13H14NO3S/c15-10-8-17-11-5-6-14(13(10)11)12(16)4-3-9-2-1-7-18-9/h1-2,4,7,11,13H,3,5-6,8H2. The molecule has 0 aliphatic carbocycles. The molecule has 2 saturated heterocycles. The molecular formula is C13H14NO3S. The first-order chi connectivity index (χ1) is 8.75. The molecule has 2 atom stereocenters. The second kappa shape index (κ2) is 4.82. The number of hydrogen-bond acceptors (Lipinski definition) is 4. The number of thiophene rings is 1. The van der Waals surface area contributed by atoms with Gasteiger partial charge in [0.05, 0.1) is 12.5 Å². The lowest BCUT2D eigenvalue weighted by Crippen LogP contribution is -2.42. The van der Waals surface area contributed by atoms with E-state index in [1.807, 2.05) is 17.5 Å². The number of hydrogen-bond donors (Lipinski definition) is 0. The highest BCUT2D eigenvalue weighted by molar-refractivity contribution is 7.09. The number of likely N-dealkylation sites (tertiary alicyclic amines) is 1. The summed E-state index contributed by atoms with van der Waals surface area (Å²) in [6.45, 7) is 0.783. The Morgan fingerprint density at radius 2 is 2.50 bits per heavy atom. The Balaban J connectivity index is 1.61. The lowest BCUT2D eigenvalue weighted by molar-refractivity contribution is -0.133. The van der Waals surface area contributed by atoms with Gasteiger partial charge in [0.15, 0.2) is 5.78 Å². The minimum absolute atomic E-state index is 0.0374. The quantitative estimate of drug-likeness (QED) is 0.820. The van der Waals surface area contributed by atoms with Crippen molar-refractivity contribution in [2.75, 3.05) is 13.2 Å². The fourth-order valence-corrected chi connectivity index (χ4v) is 3.24. The highest BCUT2D eigenvalue weighted by atomic mass is 32.1. The van der Waals surface area contributed by atoms with E-state index in [4.69, 9.17) is 4.74 Å². The largest absolute Gasteiger partial charge is 0.368 e. The molecule has 1 radical (unpaired) electrons. The molecule has 5 heteroatoms. The Bertz CT molecular complexity index is 457. The van der Waals surface area contributed by atoms with Crippen LogP contribution in [0.2, 0.25) is 0 Å². The molecule has 0 saturated carbocycles. The van der Waals surface area contributed by atoms with E-state index in [0.717, 1.165) is 11.3 Å². The zero-order chi connectivity index (χ0) is 12.5. The first kappa shape index (κ1) is 11.9. The van der Waals surface area contributed by atoms with Crippen LogP contribution in [0.1, 0.15) is 11.3 Å². The third-order valence-electron chi connectivity index (χ3n) is 3.45. The molecule has 18 heavy (non-hydrogen) atoms. The van der Waals surface area contributed by atoms with Gasteiger partial charge in [-0.05, 0) is 24.3 Å². The molecule has 2 aliphatic rings. The maximum absolute atomic E-state index is 12.1. The van der Waals surface area contributed by atoms with Crippen molar-refractivity contribution in [1.82, 2.24) is 4.90 Å². The number of carbonyl (C=O) groups is 2. The summed E-state index contributed by atoms with van der Waals surface area (Å²) < 4.78 is 5.36. The van der Waals surface area contributed by atoms with E-state index in [9.17, 15) is 9.59 Å². The summed E-state index contributed by atoms with van der Waals surface area (Å²) in [5, 5.41) is 1.99. The Labute approximate surface area is 110 Å². The van der Waals surface area contributed by atoms with Gasteiger partial charge in [-0.25, -0.2) is 0 Å². The van der Waals surface area contributed by atoms with Crippen molar-refractivity contribution in [2.24, 2.45) is 0 Å². The fourth-order valence-electron chi connectivity index (χ4n) is 2.58. The second-order valence-electron chi connectivity index (χ2n) is 4.57. The highest BCUT2D eigenvalue weighted by Gasteiger charge is 2.46. The monoisotopic (exact) mass is 264 g/mol. The molecule has 1 aromatic heterocycles. The van der Waals surface area contributed by atoms with Gasteiger partial charge >= 0.3 is 0 Å². The molecule has 2 aliphatic heterocycles. The molecule has 3 heterocycles. The minimum atomic E-state index is -0.336. The van der Waals surface area contributed by atoms with Gasteiger partial charge < -0.3 is 9.64 Å². The topological polar surface area (TPSA) is 46.6 Å². The zero-order valence-electron chi connectivity index (χ0n) is 9.87. The number of ether oxygens (including phenoxy) is 1. The fraction of sp³-hybridized carbons (Fsp3) is 0.462. The third-order valence-corrected chi connectivity index (χ3v) is 4.35. The molecule has 95 valence electrons. The number of amides is 1. The molecule has 2 unspecified atom stereocenters. The Morgan fingerprint density at radius 3 is 3.28 bits per heavy atom. The Kier molecular flexibility index (Phi) is 3.18. The molecule has 2 fully saturated rings. The first-order valence-electron chi connectivity index (χ1n) is 6.06. The summed E-state index contributed by atoms with van der Waals surface area (Å²) in [5.41, 5.74) is 0. The van der Waals surface area contributed by atoms with E-state index in [1.165, 1.54) is 0 Å². The summed E-state index contributed by atoms with van der Waals surface area (Å²) in [7, 11) is 0. The van der Waals surface area contributed by atoms with Crippen molar-refractivity contribution in [3.05, 3.63) is 28.8 Å². The Hall–Kier alpha value is -1.20. The van der Waals surface area contributed by atoms with Crippen LogP contribution in [0.25, 0.3) is 0 Å². The van der Waals surface area contributed by atoms with Gasteiger partial charge in [-0.3, -0.25) is 9.59 Å². The van der Waals surface area contributed by atoms with E-state index in [1.54, 1.807) is 22.7 Å². The molecule has 4 nitrogen and oxygen atoms in total. The van der Waals surface area contributed by atoms with Crippen LogP contribution in [0.3, 0.4) is 0 Å². The lowest BCUT2D eigenvalue weighted by Gasteiger charge is -2.21. The van der Waals surface area contributed by atoms with Gasteiger partial charge in [0.1, 0.15) is 12.6 Å². The first-order valence-corrected chi connectivity index (χ1v) is 6.94. The van der Waals surface area contributed by atoms with Gasteiger partial charge in [0.2, 0.25) is 5.91 Å². The van der Waals surface area contributed by atoms with Crippen LogP contribution in [-0.2, 0) is 20.7 Å². The molecule has 0 aromatic carbocycles. The van der Waals surface area contributed by atoms with Crippen LogP contribution >= 0.6 is 11.3 Å². The number of rotatable bonds is 3. The van der Waals surface area contributed by atoms with Gasteiger partial charge in [0, 0.05) is 11.4 Å².